The van der Waals surface area contributed by atoms with Gasteiger partial charge in [0.25, 0.3) is 5.91 Å². The van der Waals surface area contributed by atoms with Crippen molar-refractivity contribution < 1.29 is 9.53 Å². The monoisotopic (exact) mass is 327 g/mol. The van der Waals surface area contributed by atoms with Crippen molar-refractivity contribution in [3.05, 3.63) is 34.4 Å². The van der Waals surface area contributed by atoms with E-state index in [9.17, 15) is 4.79 Å². The van der Waals surface area contributed by atoms with Gasteiger partial charge in [0.15, 0.2) is 0 Å². The van der Waals surface area contributed by atoms with Crippen LogP contribution in [0, 0.1) is 20.8 Å². The summed E-state index contributed by atoms with van der Waals surface area (Å²) >= 11 is 3.40. The Morgan fingerprint density at radius 3 is 2.26 bits per heavy atom. The molecule has 106 valence electrons. The largest absolute Gasteiger partial charge is 0.383 e. The van der Waals surface area contributed by atoms with Crippen molar-refractivity contribution in [2.75, 3.05) is 32.1 Å². The van der Waals surface area contributed by atoms with Gasteiger partial charge in [-0.3, -0.25) is 4.79 Å². The summed E-state index contributed by atoms with van der Waals surface area (Å²) in [6.45, 7) is 7.91. The summed E-state index contributed by atoms with van der Waals surface area (Å²) < 4.78 is 5.08. The molecule has 0 aliphatic heterocycles. The van der Waals surface area contributed by atoms with Crippen LogP contribution in [0.5, 0.6) is 0 Å². The van der Waals surface area contributed by atoms with Gasteiger partial charge < -0.3 is 9.64 Å². The quantitative estimate of drug-likeness (QED) is 0.751. The standard InChI is InChI=1S/C15H22BrNO2/c1-11-9-12(2)14(13(3)10-11)15(18)17(6-5-16)7-8-19-4/h9-10H,5-8H2,1-4H3. The third-order valence-corrected chi connectivity index (χ3v) is 3.45. The van der Waals surface area contributed by atoms with Crippen molar-refractivity contribution >= 4 is 21.8 Å². The molecule has 0 N–H and O–H groups in total. The number of aryl methyl sites for hydroxylation is 3. The maximum Gasteiger partial charge on any atom is 0.254 e. The topological polar surface area (TPSA) is 29.5 Å². The van der Waals surface area contributed by atoms with Crippen molar-refractivity contribution in [3.8, 4) is 0 Å². The number of carbonyl (C=O) groups excluding carboxylic acids is 1. The number of carbonyl (C=O) groups is 1. The summed E-state index contributed by atoms with van der Waals surface area (Å²) in [5.41, 5.74) is 4.09. The van der Waals surface area contributed by atoms with E-state index in [1.54, 1.807) is 7.11 Å². The highest BCUT2D eigenvalue weighted by Gasteiger charge is 2.19. The van der Waals surface area contributed by atoms with Gasteiger partial charge in [0.2, 0.25) is 0 Å². The highest BCUT2D eigenvalue weighted by Crippen LogP contribution is 2.18. The van der Waals surface area contributed by atoms with Crippen LogP contribution in [0.2, 0.25) is 0 Å². The van der Waals surface area contributed by atoms with E-state index in [2.05, 4.69) is 35.0 Å². The van der Waals surface area contributed by atoms with E-state index in [0.29, 0.717) is 19.7 Å². The Hall–Kier alpha value is -0.870. The van der Waals surface area contributed by atoms with Gasteiger partial charge in [0.1, 0.15) is 0 Å². The second-order valence-corrected chi connectivity index (χ2v) is 5.54. The molecule has 0 fully saturated rings. The molecule has 1 amide bonds. The van der Waals surface area contributed by atoms with Crippen molar-refractivity contribution in [2.45, 2.75) is 20.8 Å². The fraction of sp³-hybridized carbons (Fsp3) is 0.533. The summed E-state index contributed by atoms with van der Waals surface area (Å²) in [5.74, 6) is 0.0894. The van der Waals surface area contributed by atoms with Crippen LogP contribution < -0.4 is 0 Å². The SMILES string of the molecule is COCCN(CCBr)C(=O)c1c(C)cc(C)cc1C. The summed E-state index contributed by atoms with van der Waals surface area (Å²) in [6.07, 6.45) is 0. The van der Waals surface area contributed by atoms with E-state index in [1.807, 2.05) is 18.7 Å². The number of rotatable bonds is 6. The van der Waals surface area contributed by atoms with Crippen molar-refractivity contribution in [1.29, 1.82) is 0 Å². The maximum atomic E-state index is 12.6. The molecule has 0 radical (unpaired) electrons. The highest BCUT2D eigenvalue weighted by atomic mass is 79.9. The summed E-state index contributed by atoms with van der Waals surface area (Å²) in [5, 5.41) is 0.770. The summed E-state index contributed by atoms with van der Waals surface area (Å²) in [6, 6.07) is 4.12. The number of ether oxygens (including phenoxy) is 1. The zero-order valence-corrected chi connectivity index (χ0v) is 13.7. The summed E-state index contributed by atoms with van der Waals surface area (Å²) in [4.78, 5) is 14.5. The number of alkyl halides is 1. The molecule has 0 aliphatic rings. The van der Waals surface area contributed by atoms with Crippen LogP contribution in [-0.2, 0) is 4.74 Å². The molecule has 3 nitrogen and oxygen atoms in total. The minimum absolute atomic E-state index is 0.0894. The van der Waals surface area contributed by atoms with Crippen LogP contribution in [0.4, 0.5) is 0 Å². The van der Waals surface area contributed by atoms with Crippen molar-refractivity contribution in [1.82, 2.24) is 4.90 Å². The average Bonchev–Trinajstić information content (AvgIpc) is 2.33. The van der Waals surface area contributed by atoms with Crippen LogP contribution >= 0.6 is 15.9 Å². The van der Waals surface area contributed by atoms with E-state index < -0.39 is 0 Å². The Balaban J connectivity index is 3.02. The van der Waals surface area contributed by atoms with E-state index in [-0.39, 0.29) is 5.91 Å². The van der Waals surface area contributed by atoms with Crippen molar-refractivity contribution in [3.63, 3.8) is 0 Å². The predicted octanol–water partition coefficient (Wildman–Crippen LogP) is 3.10. The molecule has 0 atom stereocenters. The number of hydrogen-bond donors (Lipinski definition) is 0. The Morgan fingerprint density at radius 1 is 1.21 bits per heavy atom. The lowest BCUT2D eigenvalue weighted by atomic mass is 9.99. The van der Waals surface area contributed by atoms with Gasteiger partial charge >= 0.3 is 0 Å². The van der Waals surface area contributed by atoms with Crippen LogP contribution in [0.25, 0.3) is 0 Å². The lowest BCUT2D eigenvalue weighted by Crippen LogP contribution is -2.36. The van der Waals surface area contributed by atoms with Gasteiger partial charge in [-0.05, 0) is 31.9 Å². The second-order valence-electron chi connectivity index (χ2n) is 4.75. The molecule has 0 saturated heterocycles. The lowest BCUT2D eigenvalue weighted by molar-refractivity contribution is 0.0707. The maximum absolute atomic E-state index is 12.6. The Labute approximate surface area is 124 Å². The molecule has 0 bridgehead atoms. The molecule has 0 unspecified atom stereocenters. The molecule has 0 aliphatic carbocycles. The van der Waals surface area contributed by atoms with Crippen LogP contribution in [0.1, 0.15) is 27.0 Å². The Morgan fingerprint density at radius 2 is 1.79 bits per heavy atom. The number of benzene rings is 1. The Kier molecular flexibility index (Phi) is 6.52. The second kappa shape index (κ2) is 7.65. The molecule has 1 aromatic carbocycles. The molecule has 1 aromatic rings. The van der Waals surface area contributed by atoms with Gasteiger partial charge in [-0.25, -0.2) is 0 Å². The van der Waals surface area contributed by atoms with Crippen LogP contribution in [-0.4, -0.2) is 42.9 Å². The molecular formula is C15H22BrNO2. The first-order chi connectivity index (χ1) is 9.01. The normalized spacial score (nSPS) is 10.6. The average molecular weight is 328 g/mol. The smallest absolute Gasteiger partial charge is 0.254 e. The fourth-order valence-electron chi connectivity index (χ4n) is 2.29. The molecule has 0 heterocycles. The zero-order chi connectivity index (χ0) is 14.4. The van der Waals surface area contributed by atoms with Gasteiger partial charge in [-0.15, -0.1) is 0 Å². The third kappa shape index (κ3) is 4.32. The third-order valence-electron chi connectivity index (χ3n) is 3.10. The number of halogens is 1. The summed E-state index contributed by atoms with van der Waals surface area (Å²) in [7, 11) is 1.65. The van der Waals surface area contributed by atoms with E-state index in [1.165, 1.54) is 5.56 Å². The Bertz CT molecular complexity index is 423. The molecule has 19 heavy (non-hydrogen) atoms. The minimum Gasteiger partial charge on any atom is -0.383 e. The van der Waals surface area contributed by atoms with Gasteiger partial charge in [-0.1, -0.05) is 33.6 Å². The zero-order valence-electron chi connectivity index (χ0n) is 12.1. The number of methoxy groups -OCH3 is 1. The lowest BCUT2D eigenvalue weighted by Gasteiger charge is -2.23. The van der Waals surface area contributed by atoms with E-state index in [0.717, 1.165) is 22.0 Å². The first-order valence-corrected chi connectivity index (χ1v) is 7.55. The number of amides is 1. The molecule has 0 aromatic heterocycles. The van der Waals surface area contributed by atoms with Gasteiger partial charge in [0, 0.05) is 31.1 Å². The molecule has 1 rings (SSSR count). The molecule has 4 heteroatoms. The number of nitrogens with zero attached hydrogens (tertiary/aromatic N) is 1. The van der Waals surface area contributed by atoms with Crippen molar-refractivity contribution in [2.24, 2.45) is 0 Å². The highest BCUT2D eigenvalue weighted by molar-refractivity contribution is 9.09. The molecular weight excluding hydrogens is 306 g/mol. The predicted molar refractivity (Wildman–Crippen MR) is 82.2 cm³/mol. The van der Waals surface area contributed by atoms with Crippen LogP contribution in [0.3, 0.4) is 0 Å². The first kappa shape index (κ1) is 16.2. The van der Waals surface area contributed by atoms with E-state index in [4.69, 9.17) is 4.74 Å². The van der Waals surface area contributed by atoms with Gasteiger partial charge in [0.05, 0.1) is 6.61 Å². The molecule has 0 saturated carbocycles. The minimum atomic E-state index is 0.0894. The van der Waals surface area contributed by atoms with Gasteiger partial charge in [-0.2, -0.15) is 0 Å². The van der Waals surface area contributed by atoms with Crippen LogP contribution in [0.15, 0.2) is 12.1 Å². The first-order valence-electron chi connectivity index (χ1n) is 6.43. The number of hydrogen-bond acceptors (Lipinski definition) is 2. The molecule has 0 spiro atoms. The fourth-order valence-corrected chi connectivity index (χ4v) is 2.72. The van der Waals surface area contributed by atoms with E-state index >= 15 is 0 Å².